The number of nitrogens with zero attached hydrogens (tertiary/aromatic N) is 2. The first-order chi connectivity index (χ1) is 11.3. The lowest BCUT2D eigenvalue weighted by molar-refractivity contribution is 0.100. The zero-order valence-electron chi connectivity index (χ0n) is 13.8. The van der Waals surface area contributed by atoms with Gasteiger partial charge in [0.25, 0.3) is 5.91 Å². The second kappa shape index (κ2) is 7.22. The number of carbonyl (C=O) groups excluding carboxylic acids is 1. The van der Waals surface area contributed by atoms with Gasteiger partial charge in [0.1, 0.15) is 5.82 Å². The van der Waals surface area contributed by atoms with Gasteiger partial charge in [-0.3, -0.25) is 9.78 Å². The van der Waals surface area contributed by atoms with E-state index in [1.165, 1.54) is 0 Å². The van der Waals surface area contributed by atoms with Crippen molar-refractivity contribution in [2.75, 3.05) is 10.6 Å². The highest BCUT2D eigenvalue weighted by Crippen LogP contribution is 2.24. The first-order valence-corrected chi connectivity index (χ1v) is 7.49. The molecule has 0 bridgehead atoms. The third-order valence-electron chi connectivity index (χ3n) is 3.53. The SMILES string of the molecule is Cc1cncc(Nc2nc(NC(C)C(C)N)c(F)cc2C(N)=O)c1. The fourth-order valence-corrected chi connectivity index (χ4v) is 1.98. The molecule has 2 aromatic heterocycles. The Kier molecular flexibility index (Phi) is 5.30. The van der Waals surface area contributed by atoms with Crippen molar-refractivity contribution in [1.82, 2.24) is 9.97 Å². The van der Waals surface area contributed by atoms with Crippen molar-refractivity contribution in [3.05, 3.63) is 41.5 Å². The summed E-state index contributed by atoms with van der Waals surface area (Å²) in [6, 6.07) is 2.46. The zero-order valence-corrected chi connectivity index (χ0v) is 13.8. The number of aromatic nitrogens is 2. The molecular weight excluding hydrogens is 311 g/mol. The summed E-state index contributed by atoms with van der Waals surface area (Å²) in [5.41, 5.74) is 12.6. The Morgan fingerprint density at radius 3 is 2.54 bits per heavy atom. The molecule has 0 spiro atoms. The van der Waals surface area contributed by atoms with Crippen LogP contribution in [-0.4, -0.2) is 28.0 Å². The van der Waals surface area contributed by atoms with Crippen LogP contribution in [0.5, 0.6) is 0 Å². The number of hydrogen-bond donors (Lipinski definition) is 4. The van der Waals surface area contributed by atoms with E-state index in [0.717, 1.165) is 11.6 Å². The van der Waals surface area contributed by atoms with E-state index in [-0.39, 0.29) is 29.3 Å². The third-order valence-corrected chi connectivity index (χ3v) is 3.53. The number of carbonyl (C=O) groups is 1. The quantitative estimate of drug-likeness (QED) is 0.641. The van der Waals surface area contributed by atoms with Gasteiger partial charge in [0.2, 0.25) is 0 Å². The van der Waals surface area contributed by atoms with Gasteiger partial charge in [-0.2, -0.15) is 0 Å². The van der Waals surface area contributed by atoms with Gasteiger partial charge in [0.05, 0.1) is 17.4 Å². The Bertz CT molecular complexity index is 749. The van der Waals surface area contributed by atoms with E-state index in [1.54, 1.807) is 19.3 Å². The van der Waals surface area contributed by atoms with Crippen molar-refractivity contribution < 1.29 is 9.18 Å². The fraction of sp³-hybridized carbons (Fsp3) is 0.312. The van der Waals surface area contributed by atoms with Crippen LogP contribution >= 0.6 is 0 Å². The number of primary amides is 1. The molecule has 0 saturated carbocycles. The molecular formula is C16H21FN6O. The van der Waals surface area contributed by atoms with E-state index < -0.39 is 11.7 Å². The van der Waals surface area contributed by atoms with Crippen LogP contribution in [0.4, 0.5) is 21.7 Å². The Labute approximate surface area is 139 Å². The number of rotatable bonds is 6. The highest BCUT2D eigenvalue weighted by atomic mass is 19.1. The minimum atomic E-state index is -0.781. The van der Waals surface area contributed by atoms with Gasteiger partial charge < -0.3 is 22.1 Å². The molecule has 0 saturated heterocycles. The van der Waals surface area contributed by atoms with E-state index >= 15 is 0 Å². The molecule has 0 aromatic carbocycles. The standard InChI is InChI=1S/C16H21FN6O/c1-8-4-11(7-20-6-8)22-15-12(14(19)24)5-13(17)16(23-15)21-10(3)9(2)18/h4-7,9-10H,18H2,1-3H3,(H2,19,24)(H2,21,22,23). The van der Waals surface area contributed by atoms with Crippen LogP contribution in [0.2, 0.25) is 0 Å². The van der Waals surface area contributed by atoms with E-state index in [4.69, 9.17) is 11.5 Å². The van der Waals surface area contributed by atoms with Crippen molar-refractivity contribution in [2.24, 2.45) is 11.5 Å². The molecule has 0 fully saturated rings. The second-order valence-electron chi connectivity index (χ2n) is 5.75. The molecule has 128 valence electrons. The smallest absolute Gasteiger partial charge is 0.252 e. The summed E-state index contributed by atoms with van der Waals surface area (Å²) in [5.74, 6) is -1.32. The average molecular weight is 332 g/mol. The zero-order chi connectivity index (χ0) is 17.9. The molecule has 7 nitrogen and oxygen atoms in total. The maximum atomic E-state index is 14.2. The van der Waals surface area contributed by atoms with Crippen molar-refractivity contribution in [3.63, 3.8) is 0 Å². The molecule has 0 aliphatic carbocycles. The summed E-state index contributed by atoms with van der Waals surface area (Å²) >= 11 is 0. The number of anilines is 3. The monoisotopic (exact) mass is 332 g/mol. The Balaban J connectivity index is 2.41. The van der Waals surface area contributed by atoms with Gasteiger partial charge in [-0.15, -0.1) is 0 Å². The van der Waals surface area contributed by atoms with Crippen LogP contribution in [-0.2, 0) is 0 Å². The van der Waals surface area contributed by atoms with Gasteiger partial charge in [0, 0.05) is 18.3 Å². The molecule has 2 unspecified atom stereocenters. The number of halogens is 1. The maximum Gasteiger partial charge on any atom is 0.252 e. The normalized spacial score (nSPS) is 13.2. The predicted octanol–water partition coefficient (Wildman–Crippen LogP) is 1.91. The van der Waals surface area contributed by atoms with Gasteiger partial charge in [0.15, 0.2) is 11.6 Å². The topological polar surface area (TPSA) is 119 Å². The minimum absolute atomic E-state index is 0.00656. The summed E-state index contributed by atoms with van der Waals surface area (Å²) < 4.78 is 14.2. The number of nitrogens with one attached hydrogen (secondary N) is 2. The minimum Gasteiger partial charge on any atom is -0.365 e. The summed E-state index contributed by atoms with van der Waals surface area (Å²) in [6.45, 7) is 5.48. The molecule has 0 aliphatic rings. The highest BCUT2D eigenvalue weighted by molar-refractivity contribution is 5.98. The molecule has 2 heterocycles. The number of pyridine rings is 2. The molecule has 8 heteroatoms. The third kappa shape index (κ3) is 4.17. The summed E-state index contributed by atoms with van der Waals surface area (Å²) in [5, 5.41) is 5.85. The van der Waals surface area contributed by atoms with Gasteiger partial charge >= 0.3 is 0 Å². The van der Waals surface area contributed by atoms with Crippen LogP contribution in [0, 0.1) is 12.7 Å². The lowest BCUT2D eigenvalue weighted by Gasteiger charge is -2.20. The van der Waals surface area contributed by atoms with Crippen LogP contribution in [0.25, 0.3) is 0 Å². The summed E-state index contributed by atoms with van der Waals surface area (Å²) in [4.78, 5) is 19.8. The van der Waals surface area contributed by atoms with Gasteiger partial charge in [-0.1, -0.05) is 0 Å². The maximum absolute atomic E-state index is 14.2. The van der Waals surface area contributed by atoms with Crippen LogP contribution in [0.3, 0.4) is 0 Å². The lowest BCUT2D eigenvalue weighted by atomic mass is 10.1. The Hall–Kier alpha value is -2.74. The summed E-state index contributed by atoms with van der Waals surface area (Å²) in [7, 11) is 0. The van der Waals surface area contributed by atoms with E-state index in [0.29, 0.717) is 5.69 Å². The van der Waals surface area contributed by atoms with Crippen molar-refractivity contribution in [2.45, 2.75) is 32.9 Å². The molecule has 1 amide bonds. The molecule has 2 aromatic rings. The number of aryl methyl sites for hydroxylation is 1. The van der Waals surface area contributed by atoms with Gasteiger partial charge in [-0.25, -0.2) is 9.37 Å². The van der Waals surface area contributed by atoms with Crippen LogP contribution in [0.1, 0.15) is 29.8 Å². The largest absolute Gasteiger partial charge is 0.365 e. The molecule has 0 radical (unpaired) electrons. The van der Waals surface area contributed by atoms with Gasteiger partial charge in [-0.05, 0) is 38.5 Å². The van der Waals surface area contributed by atoms with E-state index in [1.807, 2.05) is 19.9 Å². The highest BCUT2D eigenvalue weighted by Gasteiger charge is 2.18. The van der Waals surface area contributed by atoms with Crippen LogP contribution in [0.15, 0.2) is 24.5 Å². The van der Waals surface area contributed by atoms with Crippen molar-refractivity contribution in [1.29, 1.82) is 0 Å². The molecule has 2 atom stereocenters. The number of amides is 1. The van der Waals surface area contributed by atoms with Crippen LogP contribution < -0.4 is 22.1 Å². The van der Waals surface area contributed by atoms with E-state index in [2.05, 4.69) is 20.6 Å². The number of hydrogen-bond acceptors (Lipinski definition) is 6. The first-order valence-electron chi connectivity index (χ1n) is 7.49. The molecule has 24 heavy (non-hydrogen) atoms. The van der Waals surface area contributed by atoms with Crippen molar-refractivity contribution in [3.8, 4) is 0 Å². The molecule has 0 aliphatic heterocycles. The summed E-state index contributed by atoms with van der Waals surface area (Å²) in [6.07, 6.45) is 3.26. The van der Waals surface area contributed by atoms with E-state index in [9.17, 15) is 9.18 Å². The molecule has 2 rings (SSSR count). The lowest BCUT2D eigenvalue weighted by Crippen LogP contribution is -2.35. The second-order valence-corrected chi connectivity index (χ2v) is 5.75. The average Bonchev–Trinajstić information content (AvgIpc) is 2.49. The number of nitrogens with two attached hydrogens (primary N) is 2. The fourth-order valence-electron chi connectivity index (χ4n) is 1.98. The first kappa shape index (κ1) is 17.6. The predicted molar refractivity (Wildman–Crippen MR) is 91.7 cm³/mol. The Morgan fingerprint density at radius 2 is 1.96 bits per heavy atom. The Morgan fingerprint density at radius 1 is 1.25 bits per heavy atom. The van der Waals surface area contributed by atoms with Crippen molar-refractivity contribution >= 4 is 23.2 Å². The molecule has 6 N–H and O–H groups in total.